The van der Waals surface area contributed by atoms with Gasteiger partial charge in [0.25, 0.3) is 0 Å². The fraction of sp³-hybridized carbons (Fsp3) is 0.600. The van der Waals surface area contributed by atoms with Crippen LogP contribution in [0.4, 0.5) is 0 Å². The first kappa shape index (κ1) is 17.9. The highest BCUT2D eigenvalue weighted by atomic mass is 16.2. The zero-order valence-corrected chi connectivity index (χ0v) is 15.1. The molecule has 1 aliphatic heterocycles. The molecule has 0 atom stereocenters. The maximum atomic E-state index is 12.7. The van der Waals surface area contributed by atoms with E-state index in [4.69, 9.17) is 0 Å². The van der Waals surface area contributed by atoms with Crippen molar-refractivity contribution in [2.24, 2.45) is 0 Å². The van der Waals surface area contributed by atoms with Gasteiger partial charge >= 0.3 is 0 Å². The number of hydrogen-bond donors (Lipinski definition) is 2. The molecule has 1 fully saturated rings. The molecule has 2 amide bonds. The van der Waals surface area contributed by atoms with Gasteiger partial charge in [0, 0.05) is 19.6 Å². The molecular weight excluding hydrogens is 314 g/mol. The molecule has 5 nitrogen and oxygen atoms in total. The van der Waals surface area contributed by atoms with Crippen LogP contribution in [0.3, 0.4) is 0 Å². The summed E-state index contributed by atoms with van der Waals surface area (Å²) < 4.78 is 0. The van der Waals surface area contributed by atoms with Gasteiger partial charge in [-0.1, -0.05) is 50.5 Å². The lowest BCUT2D eigenvalue weighted by Crippen LogP contribution is -2.60. The summed E-state index contributed by atoms with van der Waals surface area (Å²) in [6.07, 6.45) is 5.52. The van der Waals surface area contributed by atoms with Crippen molar-refractivity contribution >= 4 is 11.8 Å². The molecule has 0 saturated heterocycles. The second-order valence-electron chi connectivity index (χ2n) is 7.36. The molecule has 2 aliphatic rings. The van der Waals surface area contributed by atoms with Crippen LogP contribution in [0.1, 0.15) is 56.6 Å². The third-order valence-corrected chi connectivity index (χ3v) is 5.33. The first-order valence-corrected chi connectivity index (χ1v) is 9.51. The van der Waals surface area contributed by atoms with Gasteiger partial charge < -0.3 is 10.6 Å². The average Bonchev–Trinajstić information content (AvgIpc) is 3.02. The number of hydrogen-bond acceptors (Lipinski definition) is 3. The zero-order valence-electron chi connectivity index (χ0n) is 15.1. The van der Waals surface area contributed by atoms with E-state index in [1.165, 1.54) is 11.1 Å². The van der Waals surface area contributed by atoms with Gasteiger partial charge in [-0.15, -0.1) is 0 Å². The molecule has 1 heterocycles. The van der Waals surface area contributed by atoms with Gasteiger partial charge in [0.05, 0.1) is 6.54 Å². The third kappa shape index (κ3) is 4.21. The number of nitrogens with one attached hydrogen (secondary N) is 2. The van der Waals surface area contributed by atoms with Gasteiger partial charge in [0.15, 0.2) is 0 Å². The van der Waals surface area contributed by atoms with Crippen molar-refractivity contribution in [3.05, 3.63) is 35.4 Å². The van der Waals surface area contributed by atoms with Gasteiger partial charge in [0.1, 0.15) is 5.54 Å². The minimum absolute atomic E-state index is 0.00731. The monoisotopic (exact) mass is 343 g/mol. The Hall–Kier alpha value is -1.88. The van der Waals surface area contributed by atoms with E-state index in [2.05, 4.69) is 27.7 Å². The minimum atomic E-state index is -0.711. The van der Waals surface area contributed by atoms with Crippen LogP contribution in [0.25, 0.3) is 0 Å². The summed E-state index contributed by atoms with van der Waals surface area (Å²) in [5.41, 5.74) is 1.88. The first-order valence-electron chi connectivity index (χ1n) is 9.51. The van der Waals surface area contributed by atoms with Crippen LogP contribution in [-0.4, -0.2) is 35.3 Å². The summed E-state index contributed by atoms with van der Waals surface area (Å²) in [5, 5.41) is 6.09. The highest BCUT2D eigenvalue weighted by Gasteiger charge is 2.40. The number of fused-ring (bicyclic) bond motifs is 1. The molecule has 3 rings (SSSR count). The van der Waals surface area contributed by atoms with Crippen molar-refractivity contribution in [1.82, 2.24) is 15.5 Å². The summed E-state index contributed by atoms with van der Waals surface area (Å²) in [5.74, 6) is -0.0477. The number of rotatable bonds is 6. The van der Waals surface area contributed by atoms with E-state index in [0.29, 0.717) is 13.1 Å². The Morgan fingerprint density at radius 1 is 1.08 bits per heavy atom. The molecule has 0 unspecified atom stereocenters. The van der Waals surface area contributed by atoms with Crippen LogP contribution < -0.4 is 10.6 Å². The highest BCUT2D eigenvalue weighted by Crippen LogP contribution is 2.29. The molecule has 1 aromatic carbocycles. The Bertz CT molecular complexity index is 598. The summed E-state index contributed by atoms with van der Waals surface area (Å²) in [6, 6.07) is 8.32. The van der Waals surface area contributed by atoms with Crippen LogP contribution in [-0.2, 0) is 22.7 Å². The van der Waals surface area contributed by atoms with Crippen LogP contribution in [0.2, 0.25) is 0 Å². The molecule has 0 bridgehead atoms. The minimum Gasteiger partial charge on any atom is -0.354 e. The number of nitrogens with zero attached hydrogens (tertiary/aromatic N) is 1. The molecule has 5 heteroatoms. The van der Waals surface area contributed by atoms with Crippen molar-refractivity contribution in [2.45, 2.75) is 64.1 Å². The molecular formula is C20H29N3O2. The van der Waals surface area contributed by atoms with E-state index in [9.17, 15) is 9.59 Å². The average molecular weight is 343 g/mol. The lowest BCUT2D eigenvalue weighted by molar-refractivity contribution is -0.135. The zero-order chi connectivity index (χ0) is 17.7. The predicted octanol–water partition coefficient (Wildman–Crippen LogP) is 2.35. The van der Waals surface area contributed by atoms with E-state index in [0.717, 1.165) is 51.6 Å². The molecule has 1 aliphatic carbocycles. The van der Waals surface area contributed by atoms with E-state index in [1.807, 2.05) is 19.1 Å². The summed E-state index contributed by atoms with van der Waals surface area (Å²) in [4.78, 5) is 27.5. The largest absolute Gasteiger partial charge is 0.354 e. The summed E-state index contributed by atoms with van der Waals surface area (Å²) in [7, 11) is 0. The Morgan fingerprint density at radius 3 is 2.32 bits per heavy atom. The fourth-order valence-electron chi connectivity index (χ4n) is 4.00. The Morgan fingerprint density at radius 2 is 1.72 bits per heavy atom. The number of benzene rings is 1. The molecule has 1 aromatic rings. The van der Waals surface area contributed by atoms with E-state index >= 15 is 0 Å². The van der Waals surface area contributed by atoms with Crippen molar-refractivity contribution in [3.63, 3.8) is 0 Å². The molecule has 0 spiro atoms. The number of carbonyl (C=O) groups excluding carboxylic acids is 2. The molecule has 25 heavy (non-hydrogen) atoms. The highest BCUT2D eigenvalue weighted by molar-refractivity contribution is 5.92. The lowest BCUT2D eigenvalue weighted by atomic mass is 9.80. The quantitative estimate of drug-likeness (QED) is 0.833. The summed E-state index contributed by atoms with van der Waals surface area (Å²) >= 11 is 0. The maximum Gasteiger partial charge on any atom is 0.245 e. The second kappa shape index (κ2) is 8.00. The van der Waals surface area contributed by atoms with Crippen molar-refractivity contribution in [2.75, 3.05) is 13.1 Å². The number of carbonyl (C=O) groups is 2. The van der Waals surface area contributed by atoms with Gasteiger partial charge in [-0.05, 0) is 30.4 Å². The second-order valence-corrected chi connectivity index (χ2v) is 7.36. The molecule has 0 radical (unpaired) electrons. The van der Waals surface area contributed by atoms with Crippen LogP contribution in [0.15, 0.2) is 24.3 Å². The van der Waals surface area contributed by atoms with Gasteiger partial charge in [-0.2, -0.15) is 0 Å². The Kier molecular flexibility index (Phi) is 5.74. The van der Waals surface area contributed by atoms with Crippen molar-refractivity contribution < 1.29 is 9.59 Å². The summed E-state index contributed by atoms with van der Waals surface area (Å²) in [6.45, 7) is 4.66. The topological polar surface area (TPSA) is 61.4 Å². The van der Waals surface area contributed by atoms with Crippen molar-refractivity contribution in [1.29, 1.82) is 0 Å². The standard InChI is InChI=1S/C20H29N3O2/c1-2-12-21-19(25)20(10-6-3-7-11-20)22-18(24)15-23-13-16-8-4-5-9-17(16)14-23/h4-5,8-9H,2-3,6-7,10-15H2,1H3,(H,21,25)(H,22,24). The predicted molar refractivity (Wildman–Crippen MR) is 97.8 cm³/mol. The Labute approximate surface area is 150 Å². The van der Waals surface area contributed by atoms with Crippen molar-refractivity contribution in [3.8, 4) is 0 Å². The normalized spacial score (nSPS) is 19.2. The van der Waals surface area contributed by atoms with Crippen LogP contribution >= 0.6 is 0 Å². The van der Waals surface area contributed by atoms with E-state index in [-0.39, 0.29) is 11.8 Å². The van der Waals surface area contributed by atoms with Gasteiger partial charge in [-0.25, -0.2) is 0 Å². The Balaban J connectivity index is 1.60. The molecule has 2 N–H and O–H groups in total. The van der Waals surface area contributed by atoms with E-state index in [1.54, 1.807) is 0 Å². The number of amides is 2. The SMILES string of the molecule is CCCNC(=O)C1(NC(=O)CN2Cc3ccccc3C2)CCCCC1. The first-order chi connectivity index (χ1) is 12.1. The van der Waals surface area contributed by atoms with Gasteiger partial charge in [0.2, 0.25) is 11.8 Å². The molecule has 0 aromatic heterocycles. The van der Waals surface area contributed by atoms with Gasteiger partial charge in [-0.3, -0.25) is 14.5 Å². The smallest absolute Gasteiger partial charge is 0.245 e. The molecule has 136 valence electrons. The third-order valence-electron chi connectivity index (χ3n) is 5.33. The van der Waals surface area contributed by atoms with Crippen LogP contribution in [0.5, 0.6) is 0 Å². The van der Waals surface area contributed by atoms with Crippen LogP contribution in [0, 0.1) is 0 Å². The lowest BCUT2D eigenvalue weighted by Gasteiger charge is -2.37. The maximum absolute atomic E-state index is 12.7. The molecule has 1 saturated carbocycles. The fourth-order valence-corrected chi connectivity index (χ4v) is 4.00. The van der Waals surface area contributed by atoms with E-state index < -0.39 is 5.54 Å².